The van der Waals surface area contributed by atoms with Crippen LogP contribution in [-0.4, -0.2) is 39.5 Å². The van der Waals surface area contributed by atoms with Gasteiger partial charge in [0.2, 0.25) is 4.96 Å². The van der Waals surface area contributed by atoms with Crippen molar-refractivity contribution in [3.8, 4) is 11.4 Å². The van der Waals surface area contributed by atoms with Crippen LogP contribution in [0.5, 0.6) is 0 Å². The summed E-state index contributed by atoms with van der Waals surface area (Å²) < 4.78 is 15.0. The summed E-state index contributed by atoms with van der Waals surface area (Å²) in [4.78, 5) is 28.0. The molecule has 25 heavy (non-hydrogen) atoms. The van der Waals surface area contributed by atoms with Gasteiger partial charge in [-0.2, -0.15) is 4.98 Å². The molecule has 3 aromatic rings. The van der Waals surface area contributed by atoms with Gasteiger partial charge in [0, 0.05) is 30.5 Å². The van der Waals surface area contributed by atoms with E-state index in [4.69, 9.17) is 0 Å². The largest absolute Gasteiger partial charge is 0.348 e. The normalized spacial score (nSPS) is 10.8. The molecule has 2 N–H and O–H groups in total. The average molecular weight is 361 g/mol. The number of likely N-dealkylation sites (N-methyl/N-ethyl adjacent to an activating group) is 1. The number of thiazole rings is 1. The number of aromatic nitrogens is 3. The molecule has 0 spiro atoms. The number of halogens is 1. The first kappa shape index (κ1) is 17.0. The zero-order chi connectivity index (χ0) is 17.8. The van der Waals surface area contributed by atoms with Crippen molar-refractivity contribution in [3.63, 3.8) is 0 Å². The lowest BCUT2D eigenvalue weighted by molar-refractivity contribution is -0.139. The second-order valence-corrected chi connectivity index (χ2v) is 6.07. The number of nitrogens with zero attached hydrogens (tertiary/aromatic N) is 3. The van der Waals surface area contributed by atoms with Crippen LogP contribution in [0.2, 0.25) is 0 Å². The van der Waals surface area contributed by atoms with Crippen molar-refractivity contribution in [2.24, 2.45) is 0 Å². The van der Waals surface area contributed by atoms with Gasteiger partial charge in [0.15, 0.2) is 5.82 Å². The Labute approximate surface area is 146 Å². The first-order valence-electron chi connectivity index (χ1n) is 7.73. The van der Waals surface area contributed by atoms with Gasteiger partial charge in [-0.25, -0.2) is 8.91 Å². The van der Waals surface area contributed by atoms with Crippen molar-refractivity contribution in [3.05, 3.63) is 41.2 Å². The highest BCUT2D eigenvalue weighted by molar-refractivity contribution is 7.15. The number of carbonyl (C=O) groups excluding carboxylic acids is 2. The zero-order valence-electron chi connectivity index (χ0n) is 13.5. The fourth-order valence-electron chi connectivity index (χ4n) is 2.27. The third-order valence-corrected chi connectivity index (χ3v) is 4.31. The monoisotopic (exact) mass is 361 g/mol. The van der Waals surface area contributed by atoms with E-state index in [0.717, 1.165) is 5.69 Å². The molecule has 9 heteroatoms. The second-order valence-electron chi connectivity index (χ2n) is 5.23. The van der Waals surface area contributed by atoms with E-state index in [1.807, 2.05) is 5.38 Å². The van der Waals surface area contributed by atoms with Crippen LogP contribution < -0.4 is 10.6 Å². The molecule has 3 rings (SSSR count). The molecule has 0 unspecified atom stereocenters. The van der Waals surface area contributed by atoms with Gasteiger partial charge in [-0.1, -0.05) is 12.1 Å². The van der Waals surface area contributed by atoms with Crippen LogP contribution in [0.3, 0.4) is 0 Å². The number of hydrogen-bond acceptors (Lipinski definition) is 5. The molecule has 130 valence electrons. The first-order valence-corrected chi connectivity index (χ1v) is 8.61. The Morgan fingerprint density at radius 2 is 2.08 bits per heavy atom. The van der Waals surface area contributed by atoms with Crippen molar-refractivity contribution in [1.29, 1.82) is 0 Å². The number of carbonyl (C=O) groups is 2. The van der Waals surface area contributed by atoms with E-state index < -0.39 is 11.8 Å². The van der Waals surface area contributed by atoms with Crippen molar-refractivity contribution in [2.45, 2.75) is 13.3 Å². The molecule has 1 aromatic carbocycles. The highest BCUT2D eigenvalue weighted by Crippen LogP contribution is 2.21. The molecule has 0 aliphatic rings. The van der Waals surface area contributed by atoms with Gasteiger partial charge in [-0.05, 0) is 19.1 Å². The molecule has 0 bridgehead atoms. The molecule has 0 aliphatic heterocycles. The van der Waals surface area contributed by atoms with Crippen molar-refractivity contribution in [2.75, 3.05) is 13.1 Å². The minimum atomic E-state index is -0.660. The second kappa shape index (κ2) is 7.39. The lowest BCUT2D eigenvalue weighted by Gasteiger charge is -2.04. The molecule has 7 nitrogen and oxygen atoms in total. The number of benzene rings is 1. The number of hydrogen-bond donors (Lipinski definition) is 2. The van der Waals surface area contributed by atoms with Crippen LogP contribution in [0.25, 0.3) is 16.3 Å². The van der Waals surface area contributed by atoms with Gasteiger partial charge < -0.3 is 10.6 Å². The van der Waals surface area contributed by atoms with Crippen LogP contribution in [0.4, 0.5) is 4.39 Å². The highest BCUT2D eigenvalue weighted by Gasteiger charge is 2.14. The van der Waals surface area contributed by atoms with E-state index in [9.17, 15) is 14.0 Å². The van der Waals surface area contributed by atoms with E-state index in [-0.39, 0.29) is 5.82 Å². The van der Waals surface area contributed by atoms with Gasteiger partial charge in [0.25, 0.3) is 0 Å². The minimum absolute atomic E-state index is 0.303. The van der Waals surface area contributed by atoms with Crippen LogP contribution >= 0.6 is 11.3 Å². The van der Waals surface area contributed by atoms with E-state index in [1.54, 1.807) is 23.6 Å². The lowest BCUT2D eigenvalue weighted by atomic mass is 10.2. The molecule has 0 atom stereocenters. The first-order chi connectivity index (χ1) is 12.1. The maximum absolute atomic E-state index is 13.3. The summed E-state index contributed by atoms with van der Waals surface area (Å²) in [5, 5.41) is 11.3. The Bertz CT molecular complexity index is 920. The van der Waals surface area contributed by atoms with Crippen molar-refractivity contribution < 1.29 is 14.0 Å². The Morgan fingerprint density at radius 3 is 2.84 bits per heavy atom. The molecule has 0 saturated heterocycles. The molecule has 0 saturated carbocycles. The van der Waals surface area contributed by atoms with Crippen LogP contribution in [0.15, 0.2) is 29.6 Å². The van der Waals surface area contributed by atoms with E-state index >= 15 is 0 Å². The summed E-state index contributed by atoms with van der Waals surface area (Å²) in [5.41, 5.74) is 1.46. The summed E-state index contributed by atoms with van der Waals surface area (Å²) >= 11 is 1.41. The average Bonchev–Trinajstić information content (AvgIpc) is 3.16. The number of nitrogens with one attached hydrogen (secondary N) is 2. The quantitative estimate of drug-likeness (QED) is 0.672. The molecule has 2 aromatic heterocycles. The molecular formula is C16H16FN5O2S. The molecule has 0 radical (unpaired) electrons. The standard InChI is InChI=1S/C16H16FN5O2S/c1-2-18-14(23)15(24)19-7-6-12-9-25-16-20-13(21-22(12)16)10-4-3-5-11(17)8-10/h3-5,8-9H,2,6-7H2,1H3,(H,18,23)(H,19,24). The predicted octanol–water partition coefficient (Wildman–Crippen LogP) is 1.39. The zero-order valence-corrected chi connectivity index (χ0v) is 14.3. The number of fused-ring (bicyclic) bond motifs is 1. The molecule has 2 heterocycles. The van der Waals surface area contributed by atoms with Gasteiger partial charge in [0.1, 0.15) is 5.82 Å². The topological polar surface area (TPSA) is 88.4 Å². The molecular weight excluding hydrogens is 345 g/mol. The Balaban J connectivity index is 1.69. The lowest BCUT2D eigenvalue weighted by Crippen LogP contribution is -2.40. The van der Waals surface area contributed by atoms with Gasteiger partial charge in [-0.15, -0.1) is 16.4 Å². The molecule has 2 amide bonds. The van der Waals surface area contributed by atoms with Crippen LogP contribution in [-0.2, 0) is 16.0 Å². The molecule has 0 aliphatic carbocycles. The SMILES string of the molecule is CCNC(=O)C(=O)NCCc1csc2nc(-c3cccc(F)c3)nn12. The van der Waals surface area contributed by atoms with E-state index in [1.165, 1.54) is 23.5 Å². The van der Waals surface area contributed by atoms with Crippen LogP contribution in [0, 0.1) is 5.82 Å². The van der Waals surface area contributed by atoms with E-state index in [0.29, 0.717) is 35.9 Å². The predicted molar refractivity (Wildman–Crippen MR) is 91.7 cm³/mol. The number of amides is 2. The maximum Gasteiger partial charge on any atom is 0.309 e. The third-order valence-electron chi connectivity index (χ3n) is 3.44. The Hall–Kier alpha value is -2.81. The fourth-order valence-corrected chi connectivity index (χ4v) is 3.13. The van der Waals surface area contributed by atoms with Gasteiger partial charge in [-0.3, -0.25) is 9.59 Å². The fraction of sp³-hybridized carbons (Fsp3) is 0.250. The van der Waals surface area contributed by atoms with Gasteiger partial charge >= 0.3 is 11.8 Å². The summed E-state index contributed by atoms with van der Waals surface area (Å²) in [5.74, 6) is -1.21. The van der Waals surface area contributed by atoms with Gasteiger partial charge in [0.05, 0.1) is 5.69 Å². The van der Waals surface area contributed by atoms with E-state index in [2.05, 4.69) is 20.7 Å². The smallest absolute Gasteiger partial charge is 0.309 e. The minimum Gasteiger partial charge on any atom is -0.348 e. The summed E-state index contributed by atoms with van der Waals surface area (Å²) in [7, 11) is 0. The Morgan fingerprint density at radius 1 is 1.28 bits per heavy atom. The molecule has 0 fully saturated rings. The number of rotatable bonds is 5. The Kier molecular flexibility index (Phi) is 5.03. The summed E-state index contributed by atoms with van der Waals surface area (Å²) in [6.07, 6.45) is 0.497. The summed E-state index contributed by atoms with van der Waals surface area (Å²) in [6, 6.07) is 6.10. The van der Waals surface area contributed by atoms with Crippen LogP contribution in [0.1, 0.15) is 12.6 Å². The summed E-state index contributed by atoms with van der Waals surface area (Å²) in [6.45, 7) is 2.45. The highest BCUT2D eigenvalue weighted by atomic mass is 32.1. The third kappa shape index (κ3) is 3.82. The maximum atomic E-state index is 13.3. The van der Waals surface area contributed by atoms with Crippen molar-refractivity contribution >= 4 is 28.1 Å². The van der Waals surface area contributed by atoms with Crippen molar-refractivity contribution in [1.82, 2.24) is 25.2 Å².